The molecule has 0 spiro atoms. The third kappa shape index (κ3) is 4.34. The van der Waals surface area contributed by atoms with E-state index in [1.54, 1.807) is 7.11 Å². The molecule has 2 heterocycles. The van der Waals surface area contributed by atoms with Crippen LogP contribution in [0.25, 0.3) is 22.0 Å². The van der Waals surface area contributed by atoms with Gasteiger partial charge in [0.15, 0.2) is 0 Å². The van der Waals surface area contributed by atoms with Crippen molar-refractivity contribution >= 4 is 16.8 Å². The van der Waals surface area contributed by atoms with Crippen LogP contribution in [0, 0.1) is 0 Å². The Morgan fingerprint density at radius 3 is 2.45 bits per heavy atom. The van der Waals surface area contributed by atoms with E-state index in [1.807, 2.05) is 48.4 Å². The first kappa shape index (κ1) is 19.2. The maximum absolute atomic E-state index is 11.8. The normalized spacial score (nSPS) is 14.8. The largest absolute Gasteiger partial charge is 0.497 e. The summed E-state index contributed by atoms with van der Waals surface area (Å²) in [6.07, 6.45) is 4.39. The summed E-state index contributed by atoms with van der Waals surface area (Å²) >= 11 is 0. The number of ether oxygens (including phenoxy) is 2. The van der Waals surface area contributed by atoms with Crippen LogP contribution < -0.4 is 9.47 Å². The predicted octanol–water partition coefficient (Wildman–Crippen LogP) is 4.69. The monoisotopic (exact) mass is 390 g/mol. The maximum atomic E-state index is 11.8. The van der Waals surface area contributed by atoms with E-state index in [0.29, 0.717) is 6.42 Å². The van der Waals surface area contributed by atoms with E-state index >= 15 is 0 Å². The molecule has 1 aliphatic heterocycles. The number of rotatable bonds is 5. The van der Waals surface area contributed by atoms with Crippen molar-refractivity contribution in [2.24, 2.45) is 0 Å². The summed E-state index contributed by atoms with van der Waals surface area (Å²) in [4.78, 5) is 18.3. The van der Waals surface area contributed by atoms with Gasteiger partial charge in [0.1, 0.15) is 17.6 Å². The molecule has 1 fully saturated rings. The van der Waals surface area contributed by atoms with Gasteiger partial charge < -0.3 is 14.4 Å². The average Bonchev–Trinajstić information content (AvgIpc) is 2.79. The highest BCUT2D eigenvalue weighted by Crippen LogP contribution is 2.27. The number of hydrogen-bond donors (Lipinski definition) is 0. The van der Waals surface area contributed by atoms with Gasteiger partial charge in [0.05, 0.1) is 12.6 Å². The molecular formula is C24H26N2O3. The van der Waals surface area contributed by atoms with Gasteiger partial charge >= 0.3 is 0 Å². The molecule has 1 aliphatic rings. The lowest BCUT2D eigenvalue weighted by molar-refractivity contribution is -0.132. The Morgan fingerprint density at radius 1 is 1.03 bits per heavy atom. The van der Waals surface area contributed by atoms with Crippen molar-refractivity contribution in [2.45, 2.75) is 32.3 Å². The summed E-state index contributed by atoms with van der Waals surface area (Å²) in [6.45, 7) is 3.47. The lowest BCUT2D eigenvalue weighted by atomic mass is 10.0. The highest BCUT2D eigenvalue weighted by Gasteiger charge is 2.22. The van der Waals surface area contributed by atoms with Gasteiger partial charge in [-0.15, -0.1) is 0 Å². The topological polar surface area (TPSA) is 51.7 Å². The second-order valence-electron chi connectivity index (χ2n) is 7.36. The van der Waals surface area contributed by atoms with Gasteiger partial charge in [-0.2, -0.15) is 0 Å². The molecule has 1 amide bonds. The molecule has 2 aromatic carbocycles. The zero-order chi connectivity index (χ0) is 20.2. The number of pyridine rings is 1. The second kappa shape index (κ2) is 8.52. The Bertz CT molecular complexity index is 993. The van der Waals surface area contributed by atoms with Crippen LogP contribution in [0.4, 0.5) is 0 Å². The molecule has 0 bridgehead atoms. The number of benzene rings is 2. The number of piperidine rings is 1. The highest BCUT2D eigenvalue weighted by molar-refractivity contribution is 5.84. The molecular weight excluding hydrogens is 364 g/mol. The first-order valence-corrected chi connectivity index (χ1v) is 10.1. The van der Waals surface area contributed by atoms with Crippen molar-refractivity contribution in [1.29, 1.82) is 0 Å². The van der Waals surface area contributed by atoms with E-state index in [2.05, 4.69) is 23.2 Å². The minimum absolute atomic E-state index is 0.166. The lowest BCUT2D eigenvalue weighted by Gasteiger charge is -2.32. The maximum Gasteiger partial charge on any atom is 0.222 e. The molecule has 29 heavy (non-hydrogen) atoms. The van der Waals surface area contributed by atoms with E-state index in [4.69, 9.17) is 9.47 Å². The molecule has 4 rings (SSSR count). The minimum atomic E-state index is 0.166. The van der Waals surface area contributed by atoms with E-state index in [9.17, 15) is 4.79 Å². The fraction of sp³-hybridized carbons (Fsp3) is 0.333. The fourth-order valence-corrected chi connectivity index (χ4v) is 3.75. The minimum Gasteiger partial charge on any atom is -0.497 e. The van der Waals surface area contributed by atoms with Gasteiger partial charge in [0.25, 0.3) is 0 Å². The number of carbonyl (C=O) groups excluding carboxylic acids is 1. The molecule has 0 saturated carbocycles. The highest BCUT2D eigenvalue weighted by atomic mass is 16.5. The summed E-state index contributed by atoms with van der Waals surface area (Å²) in [7, 11) is 1.66. The van der Waals surface area contributed by atoms with Crippen LogP contribution in [-0.4, -0.2) is 42.1 Å². The summed E-state index contributed by atoms with van der Waals surface area (Å²) in [6, 6.07) is 16.2. The van der Waals surface area contributed by atoms with Gasteiger partial charge in [0.2, 0.25) is 5.91 Å². The standard InChI is InChI=1S/C24H26N2O3/c1-3-24(27)26-12-10-21(11-13-26)29-20-7-4-17(5-8-20)19-14-18-6-9-22(28-2)15-23(18)25-16-19/h4-9,14-16,21H,3,10-13H2,1-2H3. The molecule has 0 aliphatic carbocycles. The molecule has 0 unspecified atom stereocenters. The first-order valence-electron chi connectivity index (χ1n) is 10.1. The van der Waals surface area contributed by atoms with Crippen molar-refractivity contribution in [3.05, 3.63) is 54.7 Å². The molecule has 150 valence electrons. The Hall–Kier alpha value is -3.08. The van der Waals surface area contributed by atoms with E-state index < -0.39 is 0 Å². The molecule has 5 heteroatoms. The molecule has 1 aromatic heterocycles. The summed E-state index contributed by atoms with van der Waals surface area (Å²) in [5.74, 6) is 1.91. The summed E-state index contributed by atoms with van der Waals surface area (Å²) in [5.41, 5.74) is 3.09. The van der Waals surface area contributed by atoms with E-state index in [-0.39, 0.29) is 12.0 Å². The molecule has 0 radical (unpaired) electrons. The van der Waals surface area contributed by atoms with Gasteiger partial charge in [-0.3, -0.25) is 9.78 Å². The number of methoxy groups -OCH3 is 1. The number of nitrogens with zero attached hydrogens (tertiary/aromatic N) is 2. The number of aromatic nitrogens is 1. The molecule has 3 aromatic rings. The van der Waals surface area contributed by atoms with Gasteiger partial charge in [-0.1, -0.05) is 19.1 Å². The lowest BCUT2D eigenvalue weighted by Crippen LogP contribution is -2.41. The molecule has 0 atom stereocenters. The van der Waals surface area contributed by atoms with Gasteiger partial charge in [-0.25, -0.2) is 0 Å². The Kier molecular flexibility index (Phi) is 5.65. The van der Waals surface area contributed by atoms with Gasteiger partial charge in [0, 0.05) is 55.6 Å². The number of amides is 1. The third-order valence-electron chi connectivity index (χ3n) is 5.48. The number of fused-ring (bicyclic) bond motifs is 1. The summed E-state index contributed by atoms with van der Waals surface area (Å²) < 4.78 is 11.4. The van der Waals surface area contributed by atoms with Crippen LogP contribution in [0.3, 0.4) is 0 Å². The quantitative estimate of drug-likeness (QED) is 0.634. The van der Waals surface area contributed by atoms with E-state index in [1.165, 1.54) is 0 Å². The van der Waals surface area contributed by atoms with Crippen molar-refractivity contribution in [1.82, 2.24) is 9.88 Å². The van der Waals surface area contributed by atoms with Gasteiger partial charge in [-0.05, 0) is 35.9 Å². The van der Waals surface area contributed by atoms with Crippen molar-refractivity contribution in [2.75, 3.05) is 20.2 Å². The van der Waals surface area contributed by atoms with Crippen molar-refractivity contribution < 1.29 is 14.3 Å². The summed E-state index contributed by atoms with van der Waals surface area (Å²) in [5, 5.41) is 1.08. The molecule has 1 saturated heterocycles. The predicted molar refractivity (Wildman–Crippen MR) is 114 cm³/mol. The van der Waals surface area contributed by atoms with Crippen LogP contribution in [0.5, 0.6) is 11.5 Å². The Balaban J connectivity index is 1.42. The van der Waals surface area contributed by atoms with Crippen LogP contribution in [0.15, 0.2) is 54.7 Å². The number of likely N-dealkylation sites (tertiary alicyclic amines) is 1. The van der Waals surface area contributed by atoms with Crippen LogP contribution >= 0.6 is 0 Å². The SMILES string of the molecule is CCC(=O)N1CCC(Oc2ccc(-c3cnc4cc(OC)ccc4c3)cc2)CC1. The van der Waals surface area contributed by atoms with Crippen molar-refractivity contribution in [3.8, 4) is 22.6 Å². The van der Waals surface area contributed by atoms with Crippen molar-refractivity contribution in [3.63, 3.8) is 0 Å². The van der Waals surface area contributed by atoms with Crippen LogP contribution in [-0.2, 0) is 4.79 Å². The first-order chi connectivity index (χ1) is 14.2. The number of carbonyl (C=O) groups is 1. The van der Waals surface area contributed by atoms with Crippen LogP contribution in [0.1, 0.15) is 26.2 Å². The second-order valence-corrected chi connectivity index (χ2v) is 7.36. The smallest absolute Gasteiger partial charge is 0.222 e. The third-order valence-corrected chi connectivity index (χ3v) is 5.48. The number of hydrogen-bond acceptors (Lipinski definition) is 4. The zero-order valence-electron chi connectivity index (χ0n) is 16.9. The van der Waals surface area contributed by atoms with E-state index in [0.717, 1.165) is 59.5 Å². The molecule has 0 N–H and O–H groups in total. The average molecular weight is 390 g/mol. The zero-order valence-corrected chi connectivity index (χ0v) is 16.9. The molecule has 5 nitrogen and oxygen atoms in total. The Morgan fingerprint density at radius 2 is 1.76 bits per heavy atom. The van der Waals surface area contributed by atoms with Crippen LogP contribution in [0.2, 0.25) is 0 Å². The fourth-order valence-electron chi connectivity index (χ4n) is 3.75. The Labute approximate surface area is 171 Å².